The zero-order valence-corrected chi connectivity index (χ0v) is 15.9. The molecule has 0 atom stereocenters. The van der Waals surface area contributed by atoms with Gasteiger partial charge in [-0.2, -0.15) is 5.26 Å². The van der Waals surface area contributed by atoms with E-state index in [1.807, 2.05) is 0 Å². The first-order valence-corrected chi connectivity index (χ1v) is 9.96. The molecular weight excluding hydrogens is 392 g/mol. The Labute approximate surface area is 167 Å². The van der Waals surface area contributed by atoms with Crippen molar-refractivity contribution in [1.29, 1.82) is 5.26 Å². The summed E-state index contributed by atoms with van der Waals surface area (Å²) >= 11 is 0. The van der Waals surface area contributed by atoms with Crippen LogP contribution in [0.1, 0.15) is 15.9 Å². The molecule has 0 heterocycles. The van der Waals surface area contributed by atoms with Gasteiger partial charge in [0.15, 0.2) is 0 Å². The second kappa shape index (κ2) is 8.46. The Kier molecular flexibility index (Phi) is 5.81. The number of nitrogens with one attached hydrogen (secondary N) is 1. The predicted molar refractivity (Wildman–Crippen MR) is 106 cm³/mol. The summed E-state index contributed by atoms with van der Waals surface area (Å²) in [6.45, 7) is 0. The van der Waals surface area contributed by atoms with Gasteiger partial charge in [-0.3, -0.25) is 4.72 Å². The summed E-state index contributed by atoms with van der Waals surface area (Å²) < 4.78 is 33.0. The topological polar surface area (TPSA) is 116 Å². The van der Waals surface area contributed by atoms with E-state index < -0.39 is 16.0 Å². The lowest BCUT2D eigenvalue weighted by atomic mass is 10.2. The summed E-state index contributed by atoms with van der Waals surface area (Å²) in [6, 6.07) is 20.5. The van der Waals surface area contributed by atoms with Crippen molar-refractivity contribution in [2.24, 2.45) is 0 Å². The Balaban J connectivity index is 1.68. The standard InChI is InChI=1S/C21H16N2O5S/c22-14-13-15-1-7-18(8-2-15)28-19-9-5-17(6-10-19)23-29(26,27)20-11-3-16(4-12-20)21(24)25/h1-12,23H,13H2,(H,24,25). The summed E-state index contributed by atoms with van der Waals surface area (Å²) in [7, 11) is -3.85. The molecule has 29 heavy (non-hydrogen) atoms. The highest BCUT2D eigenvalue weighted by molar-refractivity contribution is 7.92. The van der Waals surface area contributed by atoms with Gasteiger partial charge < -0.3 is 9.84 Å². The van der Waals surface area contributed by atoms with E-state index >= 15 is 0 Å². The summed E-state index contributed by atoms with van der Waals surface area (Å²) in [5.41, 5.74) is 1.23. The van der Waals surface area contributed by atoms with Crippen molar-refractivity contribution < 1.29 is 23.1 Å². The van der Waals surface area contributed by atoms with E-state index in [4.69, 9.17) is 15.1 Å². The van der Waals surface area contributed by atoms with Crippen LogP contribution in [0.3, 0.4) is 0 Å². The van der Waals surface area contributed by atoms with Gasteiger partial charge in [0.1, 0.15) is 11.5 Å². The van der Waals surface area contributed by atoms with Gasteiger partial charge in [-0.05, 0) is 66.2 Å². The number of carboxylic acids is 1. The number of carbonyl (C=O) groups is 1. The fourth-order valence-corrected chi connectivity index (χ4v) is 3.54. The molecule has 0 unspecified atom stereocenters. The molecule has 146 valence electrons. The lowest BCUT2D eigenvalue weighted by Crippen LogP contribution is -2.13. The lowest BCUT2D eigenvalue weighted by molar-refractivity contribution is 0.0696. The number of hydrogen-bond donors (Lipinski definition) is 2. The van der Waals surface area contributed by atoms with Gasteiger partial charge in [0.25, 0.3) is 10.0 Å². The van der Waals surface area contributed by atoms with E-state index in [-0.39, 0.29) is 10.5 Å². The summed E-state index contributed by atoms with van der Waals surface area (Å²) in [5, 5.41) is 17.6. The fraction of sp³-hybridized carbons (Fsp3) is 0.0476. The molecule has 3 rings (SSSR count). The highest BCUT2D eigenvalue weighted by Crippen LogP contribution is 2.24. The Morgan fingerprint density at radius 1 is 0.931 bits per heavy atom. The van der Waals surface area contributed by atoms with Gasteiger partial charge in [0, 0.05) is 5.69 Å². The van der Waals surface area contributed by atoms with Gasteiger partial charge in [-0.25, -0.2) is 13.2 Å². The van der Waals surface area contributed by atoms with Crippen LogP contribution in [0.25, 0.3) is 0 Å². The summed E-state index contributed by atoms with van der Waals surface area (Å²) in [5.74, 6) is -0.0115. The van der Waals surface area contributed by atoms with Crippen molar-refractivity contribution in [3.63, 3.8) is 0 Å². The molecule has 0 aliphatic rings. The molecule has 0 aliphatic carbocycles. The van der Waals surface area contributed by atoms with Crippen LogP contribution in [-0.2, 0) is 16.4 Å². The molecule has 3 aromatic carbocycles. The van der Waals surface area contributed by atoms with Gasteiger partial charge in [-0.15, -0.1) is 0 Å². The maximum atomic E-state index is 12.4. The summed E-state index contributed by atoms with van der Waals surface area (Å²) in [4.78, 5) is 10.8. The van der Waals surface area contributed by atoms with Crippen molar-refractivity contribution in [1.82, 2.24) is 0 Å². The molecule has 0 fully saturated rings. The molecule has 0 spiro atoms. The first-order chi connectivity index (χ1) is 13.9. The van der Waals surface area contributed by atoms with Crippen LogP contribution >= 0.6 is 0 Å². The maximum Gasteiger partial charge on any atom is 0.335 e. The second-order valence-electron chi connectivity index (χ2n) is 6.04. The third kappa shape index (κ3) is 5.12. The van der Waals surface area contributed by atoms with Crippen molar-refractivity contribution in [2.45, 2.75) is 11.3 Å². The normalized spacial score (nSPS) is 10.7. The molecule has 3 aromatic rings. The average molecular weight is 408 g/mol. The van der Waals surface area contributed by atoms with Gasteiger partial charge in [0.05, 0.1) is 22.9 Å². The van der Waals surface area contributed by atoms with Crippen molar-refractivity contribution >= 4 is 21.7 Å². The third-order valence-electron chi connectivity index (χ3n) is 3.96. The van der Waals surface area contributed by atoms with Crippen LogP contribution in [-0.4, -0.2) is 19.5 Å². The Morgan fingerprint density at radius 2 is 1.48 bits per heavy atom. The first-order valence-electron chi connectivity index (χ1n) is 8.47. The van der Waals surface area contributed by atoms with E-state index in [0.717, 1.165) is 5.56 Å². The average Bonchev–Trinajstić information content (AvgIpc) is 2.71. The largest absolute Gasteiger partial charge is 0.478 e. The predicted octanol–water partition coefficient (Wildman–Crippen LogP) is 4.04. The minimum Gasteiger partial charge on any atom is -0.478 e. The fourth-order valence-electron chi connectivity index (χ4n) is 2.48. The molecule has 0 saturated heterocycles. The SMILES string of the molecule is N#CCc1ccc(Oc2ccc(NS(=O)(=O)c3ccc(C(=O)O)cc3)cc2)cc1. The number of ether oxygens (including phenoxy) is 1. The number of nitrogens with zero attached hydrogens (tertiary/aromatic N) is 1. The van der Waals surface area contributed by atoms with Crippen LogP contribution < -0.4 is 9.46 Å². The zero-order valence-electron chi connectivity index (χ0n) is 15.1. The summed E-state index contributed by atoms with van der Waals surface area (Å²) in [6.07, 6.45) is 0.328. The molecule has 2 N–H and O–H groups in total. The van der Waals surface area contributed by atoms with Crippen molar-refractivity contribution in [3.05, 3.63) is 83.9 Å². The quantitative estimate of drug-likeness (QED) is 0.609. The molecule has 0 aromatic heterocycles. The number of nitriles is 1. The lowest BCUT2D eigenvalue weighted by Gasteiger charge is -2.10. The number of hydrogen-bond acceptors (Lipinski definition) is 5. The van der Waals surface area contributed by atoms with E-state index in [9.17, 15) is 13.2 Å². The number of sulfonamides is 1. The van der Waals surface area contributed by atoms with E-state index in [1.54, 1.807) is 48.5 Å². The Bertz CT molecular complexity index is 1150. The second-order valence-corrected chi connectivity index (χ2v) is 7.72. The molecule has 0 bridgehead atoms. The highest BCUT2D eigenvalue weighted by atomic mass is 32.2. The zero-order chi connectivity index (χ0) is 20.9. The highest BCUT2D eigenvalue weighted by Gasteiger charge is 2.15. The third-order valence-corrected chi connectivity index (χ3v) is 5.36. The Morgan fingerprint density at radius 3 is 2.00 bits per heavy atom. The van der Waals surface area contributed by atoms with Gasteiger partial charge in [0.2, 0.25) is 0 Å². The van der Waals surface area contributed by atoms with Gasteiger partial charge >= 0.3 is 5.97 Å². The van der Waals surface area contributed by atoms with Crippen LogP contribution in [0.5, 0.6) is 11.5 Å². The minimum atomic E-state index is -3.85. The van der Waals surface area contributed by atoms with Crippen molar-refractivity contribution in [2.75, 3.05) is 4.72 Å². The van der Waals surface area contributed by atoms with E-state index in [1.165, 1.54) is 24.3 Å². The Hall–Kier alpha value is -3.83. The molecule has 0 aliphatic heterocycles. The molecule has 8 heteroatoms. The van der Waals surface area contributed by atoms with Crippen LogP contribution in [0.2, 0.25) is 0 Å². The monoisotopic (exact) mass is 408 g/mol. The maximum absolute atomic E-state index is 12.4. The van der Waals surface area contributed by atoms with Crippen LogP contribution in [0.15, 0.2) is 77.7 Å². The number of carboxylic acid groups (broad SMARTS) is 1. The number of aromatic carboxylic acids is 1. The molecule has 0 radical (unpaired) electrons. The minimum absolute atomic E-state index is 0.00566. The molecule has 0 saturated carbocycles. The van der Waals surface area contributed by atoms with Crippen molar-refractivity contribution in [3.8, 4) is 17.6 Å². The van der Waals surface area contributed by atoms with Crippen LogP contribution in [0, 0.1) is 11.3 Å². The van der Waals surface area contributed by atoms with E-state index in [2.05, 4.69) is 10.8 Å². The number of benzene rings is 3. The van der Waals surface area contributed by atoms with Gasteiger partial charge in [-0.1, -0.05) is 12.1 Å². The number of anilines is 1. The molecular formula is C21H16N2O5S. The molecule has 7 nitrogen and oxygen atoms in total. The van der Waals surface area contributed by atoms with E-state index in [0.29, 0.717) is 23.6 Å². The van der Waals surface area contributed by atoms with Crippen LogP contribution in [0.4, 0.5) is 5.69 Å². The number of rotatable bonds is 7. The first kappa shape index (κ1) is 19.9. The molecule has 0 amide bonds. The smallest absolute Gasteiger partial charge is 0.335 e.